The van der Waals surface area contributed by atoms with E-state index in [0.717, 1.165) is 5.56 Å². The van der Waals surface area contributed by atoms with E-state index in [1.165, 1.54) is 10.7 Å². The Morgan fingerprint density at radius 3 is 2.23 bits per heavy atom. The molecule has 0 bridgehead atoms. The van der Waals surface area contributed by atoms with Gasteiger partial charge in [-0.2, -0.15) is 0 Å². The van der Waals surface area contributed by atoms with Gasteiger partial charge in [-0.25, -0.2) is 4.68 Å². The Morgan fingerprint density at radius 1 is 0.829 bits per heavy atom. The molecule has 0 saturated carbocycles. The van der Waals surface area contributed by atoms with Crippen LogP contribution in [0.5, 0.6) is 0 Å². The molecule has 4 rings (SSSR count). The molecule has 0 radical (unpaired) electrons. The molecule has 0 fully saturated rings. The number of carbonyl (C=O) groups excluding carboxylic acids is 3. The zero-order valence-corrected chi connectivity index (χ0v) is 20.6. The quantitative estimate of drug-likeness (QED) is 0.285. The van der Waals surface area contributed by atoms with Gasteiger partial charge in [-0.3, -0.25) is 19.8 Å². The summed E-state index contributed by atoms with van der Waals surface area (Å²) in [6.07, 6.45) is 0. The Balaban J connectivity index is 1.60. The van der Waals surface area contributed by atoms with Crippen molar-refractivity contribution in [3.05, 3.63) is 99.1 Å². The first-order valence-corrected chi connectivity index (χ1v) is 11.6. The van der Waals surface area contributed by atoms with Crippen molar-refractivity contribution in [2.45, 2.75) is 13.0 Å². The van der Waals surface area contributed by atoms with Gasteiger partial charge < -0.3 is 10.6 Å². The number of halogens is 3. The molecule has 0 aliphatic carbocycles. The number of aromatic nitrogens is 1. The van der Waals surface area contributed by atoms with Gasteiger partial charge in [-0.15, -0.1) is 0 Å². The smallest absolute Gasteiger partial charge is 0.328 e. The Kier molecular flexibility index (Phi) is 7.31. The normalized spacial score (nSPS) is 11.7. The van der Waals surface area contributed by atoms with Gasteiger partial charge in [-0.1, -0.05) is 65.1 Å². The zero-order chi connectivity index (χ0) is 25.1. The SMILES string of the molecule is C[C@@H](NC(=O)C(=O)Nn1c(C(=O)Nc2ccc(Cl)cc2Cl)cc2cc(Cl)ccc21)c1ccccc1. The van der Waals surface area contributed by atoms with E-state index in [9.17, 15) is 14.4 Å². The maximum absolute atomic E-state index is 13.1. The van der Waals surface area contributed by atoms with Gasteiger partial charge in [0.25, 0.3) is 5.91 Å². The van der Waals surface area contributed by atoms with E-state index in [1.54, 1.807) is 43.3 Å². The number of amides is 3. The van der Waals surface area contributed by atoms with E-state index >= 15 is 0 Å². The number of nitrogens with one attached hydrogen (secondary N) is 3. The maximum atomic E-state index is 13.1. The zero-order valence-electron chi connectivity index (χ0n) is 18.3. The van der Waals surface area contributed by atoms with E-state index in [1.807, 2.05) is 30.3 Å². The van der Waals surface area contributed by atoms with Crippen molar-refractivity contribution in [3.63, 3.8) is 0 Å². The molecule has 0 unspecified atom stereocenters. The van der Waals surface area contributed by atoms with Crippen molar-refractivity contribution in [3.8, 4) is 0 Å². The molecule has 0 spiro atoms. The summed E-state index contributed by atoms with van der Waals surface area (Å²) < 4.78 is 1.24. The van der Waals surface area contributed by atoms with Crippen molar-refractivity contribution in [1.29, 1.82) is 0 Å². The third-order valence-corrected chi connectivity index (χ3v) is 6.03. The summed E-state index contributed by atoms with van der Waals surface area (Å²) in [6.45, 7) is 1.77. The van der Waals surface area contributed by atoms with Crippen LogP contribution >= 0.6 is 34.8 Å². The van der Waals surface area contributed by atoms with Crippen molar-refractivity contribution in [2.75, 3.05) is 10.7 Å². The van der Waals surface area contributed by atoms with E-state index in [-0.39, 0.29) is 10.7 Å². The minimum Gasteiger partial charge on any atom is -0.341 e. The molecule has 0 aliphatic rings. The summed E-state index contributed by atoms with van der Waals surface area (Å²) in [6, 6.07) is 19.9. The molecule has 35 heavy (non-hydrogen) atoms. The van der Waals surface area contributed by atoms with E-state index in [0.29, 0.717) is 26.6 Å². The summed E-state index contributed by atoms with van der Waals surface area (Å²) in [5.41, 5.74) is 4.21. The van der Waals surface area contributed by atoms with Crippen LogP contribution in [0.3, 0.4) is 0 Å². The lowest BCUT2D eigenvalue weighted by molar-refractivity contribution is -0.137. The lowest BCUT2D eigenvalue weighted by Gasteiger charge is -2.16. The highest BCUT2D eigenvalue weighted by molar-refractivity contribution is 6.39. The molecule has 1 aromatic heterocycles. The van der Waals surface area contributed by atoms with Crippen LogP contribution in [0.1, 0.15) is 29.0 Å². The molecular formula is C25H19Cl3N4O3. The number of anilines is 1. The average Bonchev–Trinajstić information content (AvgIpc) is 3.18. The lowest BCUT2D eigenvalue weighted by atomic mass is 10.1. The monoisotopic (exact) mass is 528 g/mol. The third kappa shape index (κ3) is 5.59. The molecule has 3 N–H and O–H groups in total. The first-order valence-electron chi connectivity index (χ1n) is 10.5. The molecule has 7 nitrogen and oxygen atoms in total. The second-order valence-corrected chi connectivity index (χ2v) is 8.97. The largest absolute Gasteiger partial charge is 0.341 e. The summed E-state index contributed by atoms with van der Waals surface area (Å²) in [7, 11) is 0. The number of fused-ring (bicyclic) bond motifs is 1. The van der Waals surface area contributed by atoms with E-state index < -0.39 is 23.8 Å². The van der Waals surface area contributed by atoms with Crippen molar-refractivity contribution in [1.82, 2.24) is 9.99 Å². The van der Waals surface area contributed by atoms with Crippen LogP contribution < -0.4 is 16.1 Å². The first kappa shape index (κ1) is 24.6. The van der Waals surface area contributed by atoms with Gasteiger partial charge in [0.15, 0.2) is 0 Å². The highest BCUT2D eigenvalue weighted by Gasteiger charge is 2.22. The molecule has 4 aromatic rings. The van der Waals surface area contributed by atoms with Crippen molar-refractivity contribution in [2.24, 2.45) is 0 Å². The maximum Gasteiger partial charge on any atom is 0.328 e. The van der Waals surface area contributed by atoms with Crippen LogP contribution in [-0.2, 0) is 9.59 Å². The Morgan fingerprint density at radius 2 is 1.51 bits per heavy atom. The number of rotatable bonds is 5. The molecule has 178 valence electrons. The molecule has 0 saturated heterocycles. The predicted molar refractivity (Wildman–Crippen MR) is 139 cm³/mol. The molecule has 3 amide bonds. The van der Waals surface area contributed by atoms with Crippen LogP contribution in [0, 0.1) is 0 Å². The average molecular weight is 530 g/mol. The molecule has 3 aromatic carbocycles. The minimum atomic E-state index is -0.946. The van der Waals surface area contributed by atoms with Gasteiger partial charge in [-0.05, 0) is 55.0 Å². The van der Waals surface area contributed by atoms with E-state index in [2.05, 4.69) is 16.1 Å². The number of hydrogen-bond donors (Lipinski definition) is 3. The third-order valence-electron chi connectivity index (χ3n) is 5.24. The highest BCUT2D eigenvalue weighted by Crippen LogP contribution is 2.27. The fourth-order valence-electron chi connectivity index (χ4n) is 3.49. The Bertz CT molecular complexity index is 1440. The van der Waals surface area contributed by atoms with Gasteiger partial charge in [0.2, 0.25) is 0 Å². The Labute approximate surface area is 215 Å². The minimum absolute atomic E-state index is 0.0607. The number of benzene rings is 3. The van der Waals surface area contributed by atoms with Crippen LogP contribution in [0.25, 0.3) is 10.9 Å². The summed E-state index contributed by atoms with van der Waals surface area (Å²) >= 11 is 18.2. The van der Waals surface area contributed by atoms with Crippen molar-refractivity contribution >= 4 is 69.1 Å². The number of hydrogen-bond acceptors (Lipinski definition) is 3. The van der Waals surface area contributed by atoms with Crippen LogP contribution in [0.15, 0.2) is 72.8 Å². The fourth-order valence-corrected chi connectivity index (χ4v) is 4.13. The predicted octanol–water partition coefficient (Wildman–Crippen LogP) is 5.80. The standard InChI is InChI=1S/C25H19Cl3N4O3/c1-14(15-5-3-2-4-6-15)29-24(34)25(35)31-32-21-10-8-17(26)11-16(21)12-22(32)23(33)30-20-9-7-18(27)13-19(20)28/h2-14H,1H3,(H,29,34)(H,30,33)(H,31,35)/t14-/m1/s1. The summed E-state index contributed by atoms with van der Waals surface area (Å²) in [5.74, 6) is -2.37. The lowest BCUT2D eigenvalue weighted by Crippen LogP contribution is -2.40. The molecule has 1 heterocycles. The molecular weight excluding hydrogens is 511 g/mol. The highest BCUT2D eigenvalue weighted by atomic mass is 35.5. The van der Waals surface area contributed by atoms with Crippen molar-refractivity contribution < 1.29 is 14.4 Å². The van der Waals surface area contributed by atoms with Gasteiger partial charge >= 0.3 is 11.8 Å². The second-order valence-electron chi connectivity index (χ2n) is 7.69. The Hall–Kier alpha value is -3.52. The van der Waals surface area contributed by atoms with Crippen LogP contribution in [-0.4, -0.2) is 22.4 Å². The van der Waals surface area contributed by atoms with Gasteiger partial charge in [0.05, 0.1) is 22.3 Å². The molecule has 1 atom stereocenters. The summed E-state index contributed by atoms with van der Waals surface area (Å²) in [5, 5.41) is 7.04. The van der Waals surface area contributed by atoms with Gasteiger partial charge in [0.1, 0.15) is 5.69 Å². The number of carbonyl (C=O) groups is 3. The molecule has 10 heteroatoms. The van der Waals surface area contributed by atoms with Gasteiger partial charge in [0, 0.05) is 15.4 Å². The number of nitrogens with zero attached hydrogens (tertiary/aromatic N) is 1. The van der Waals surface area contributed by atoms with E-state index in [4.69, 9.17) is 34.8 Å². The molecule has 0 aliphatic heterocycles. The summed E-state index contributed by atoms with van der Waals surface area (Å²) in [4.78, 5) is 38.5. The fraction of sp³-hybridized carbons (Fsp3) is 0.0800. The van der Waals surface area contributed by atoms with Crippen LogP contribution in [0.2, 0.25) is 15.1 Å². The topological polar surface area (TPSA) is 92.2 Å². The van der Waals surface area contributed by atoms with Crippen LogP contribution in [0.4, 0.5) is 5.69 Å². The first-order chi connectivity index (χ1) is 16.7. The second kappa shape index (κ2) is 10.4.